The van der Waals surface area contributed by atoms with Crippen molar-refractivity contribution in [1.82, 2.24) is 5.32 Å². The molecule has 0 spiro atoms. The minimum Gasteiger partial charge on any atom is -0.501 e. The van der Waals surface area contributed by atoms with E-state index in [1.165, 1.54) is 11.6 Å². The van der Waals surface area contributed by atoms with Crippen molar-refractivity contribution in [1.29, 1.82) is 0 Å². The molecule has 3 heteroatoms. The normalized spacial score (nSPS) is 17.5. The third-order valence-electron chi connectivity index (χ3n) is 2.80. The van der Waals surface area contributed by atoms with E-state index in [-0.39, 0.29) is 11.9 Å². The van der Waals surface area contributed by atoms with Crippen LogP contribution < -0.4 is 5.32 Å². The molecule has 1 aliphatic rings. The minimum atomic E-state index is -0.199. The molecule has 1 N–H and O–H groups in total. The van der Waals surface area contributed by atoms with Gasteiger partial charge in [-0.2, -0.15) is 0 Å². The first kappa shape index (κ1) is 11.1. The Bertz CT molecular complexity index is 389. The molecule has 16 heavy (non-hydrogen) atoms. The van der Waals surface area contributed by atoms with Gasteiger partial charge in [-0.3, -0.25) is 0 Å². The zero-order valence-corrected chi connectivity index (χ0v) is 9.37. The van der Waals surface area contributed by atoms with Gasteiger partial charge in [0.15, 0.2) is 0 Å². The predicted octanol–water partition coefficient (Wildman–Crippen LogP) is 2.78. The number of ether oxygens (including phenoxy) is 1. The lowest BCUT2D eigenvalue weighted by molar-refractivity contribution is 0.220. The molecule has 0 amide bonds. The van der Waals surface area contributed by atoms with E-state index in [9.17, 15) is 4.39 Å². The predicted molar refractivity (Wildman–Crippen MR) is 61.5 cm³/mol. The minimum absolute atomic E-state index is 0.0519. The van der Waals surface area contributed by atoms with E-state index >= 15 is 0 Å². The number of benzene rings is 1. The van der Waals surface area contributed by atoms with Gasteiger partial charge in [-0.1, -0.05) is 12.1 Å². The van der Waals surface area contributed by atoms with E-state index in [0.717, 1.165) is 25.0 Å². The molecule has 0 aromatic heterocycles. The topological polar surface area (TPSA) is 21.3 Å². The summed E-state index contributed by atoms with van der Waals surface area (Å²) in [6, 6.07) is 6.74. The number of likely N-dealkylation sites (N-methyl/N-ethyl adjacent to an activating group) is 1. The van der Waals surface area contributed by atoms with E-state index in [1.807, 2.05) is 13.1 Å². The standard InChI is InChI=1S/C13H16FNO/c1-15-13(11-5-3-7-16-9-11)10-4-2-6-12(14)8-10/h2,4,6,8-9,13,15H,3,5,7H2,1H3. The van der Waals surface area contributed by atoms with Crippen molar-refractivity contribution < 1.29 is 9.13 Å². The van der Waals surface area contributed by atoms with Crippen LogP contribution in [0.5, 0.6) is 0 Å². The van der Waals surface area contributed by atoms with Gasteiger partial charge in [-0.25, -0.2) is 4.39 Å². The van der Waals surface area contributed by atoms with E-state index < -0.39 is 0 Å². The molecule has 1 aromatic carbocycles. The summed E-state index contributed by atoms with van der Waals surface area (Å²) in [5.74, 6) is -0.199. The Hall–Kier alpha value is -1.35. The highest BCUT2D eigenvalue weighted by molar-refractivity contribution is 5.28. The molecule has 1 unspecified atom stereocenters. The molecule has 2 rings (SSSR count). The van der Waals surface area contributed by atoms with Gasteiger partial charge in [0.25, 0.3) is 0 Å². The average Bonchev–Trinajstić information content (AvgIpc) is 2.31. The summed E-state index contributed by atoms with van der Waals surface area (Å²) >= 11 is 0. The molecule has 1 aromatic rings. The quantitative estimate of drug-likeness (QED) is 0.847. The number of halogens is 1. The van der Waals surface area contributed by atoms with Crippen LogP contribution in [-0.2, 0) is 4.74 Å². The first-order chi connectivity index (χ1) is 7.81. The summed E-state index contributed by atoms with van der Waals surface area (Å²) in [4.78, 5) is 0. The van der Waals surface area contributed by atoms with Crippen LogP contribution in [0.4, 0.5) is 4.39 Å². The Labute approximate surface area is 95.1 Å². The number of hydrogen-bond donors (Lipinski definition) is 1. The summed E-state index contributed by atoms with van der Waals surface area (Å²) < 4.78 is 18.5. The van der Waals surface area contributed by atoms with Gasteiger partial charge in [-0.15, -0.1) is 0 Å². The van der Waals surface area contributed by atoms with Crippen LogP contribution in [0, 0.1) is 5.82 Å². The lowest BCUT2D eigenvalue weighted by Crippen LogP contribution is -2.20. The summed E-state index contributed by atoms with van der Waals surface area (Å²) in [6.45, 7) is 0.781. The SMILES string of the molecule is CNC(C1=COCCC1)c1cccc(F)c1. The van der Waals surface area contributed by atoms with E-state index in [4.69, 9.17) is 4.74 Å². The summed E-state index contributed by atoms with van der Waals surface area (Å²) in [5.41, 5.74) is 2.12. The van der Waals surface area contributed by atoms with Crippen LogP contribution in [0.1, 0.15) is 24.4 Å². The lowest BCUT2D eigenvalue weighted by atomic mass is 9.95. The molecule has 0 saturated carbocycles. The number of hydrogen-bond acceptors (Lipinski definition) is 2. The third kappa shape index (κ3) is 2.42. The Balaban J connectivity index is 2.25. The molecule has 1 atom stereocenters. The molecule has 0 bridgehead atoms. The Kier molecular flexibility index (Phi) is 3.57. The molecule has 0 aliphatic carbocycles. The van der Waals surface area contributed by atoms with Gasteiger partial charge in [0.05, 0.1) is 18.9 Å². The Morgan fingerprint density at radius 3 is 2.94 bits per heavy atom. The van der Waals surface area contributed by atoms with Crippen LogP contribution >= 0.6 is 0 Å². The molecule has 1 aliphatic heterocycles. The van der Waals surface area contributed by atoms with Crippen molar-refractivity contribution in [3.8, 4) is 0 Å². The zero-order valence-electron chi connectivity index (χ0n) is 9.37. The van der Waals surface area contributed by atoms with Gasteiger partial charge in [0, 0.05) is 0 Å². The highest BCUT2D eigenvalue weighted by Gasteiger charge is 2.17. The van der Waals surface area contributed by atoms with Crippen LogP contribution in [-0.4, -0.2) is 13.7 Å². The second-order valence-corrected chi connectivity index (χ2v) is 3.94. The number of rotatable bonds is 3. The zero-order chi connectivity index (χ0) is 11.4. The number of nitrogens with one attached hydrogen (secondary N) is 1. The molecule has 86 valence electrons. The molecule has 2 nitrogen and oxygen atoms in total. The van der Waals surface area contributed by atoms with Crippen LogP contribution in [0.2, 0.25) is 0 Å². The molecule has 0 fully saturated rings. The molecule has 1 heterocycles. The van der Waals surface area contributed by atoms with E-state index in [1.54, 1.807) is 18.4 Å². The first-order valence-corrected chi connectivity index (χ1v) is 5.54. The summed E-state index contributed by atoms with van der Waals surface area (Å²) in [7, 11) is 1.88. The fourth-order valence-electron chi connectivity index (χ4n) is 2.05. The maximum Gasteiger partial charge on any atom is 0.123 e. The monoisotopic (exact) mass is 221 g/mol. The maximum atomic E-state index is 13.2. The maximum absolute atomic E-state index is 13.2. The van der Waals surface area contributed by atoms with Crippen molar-refractivity contribution in [2.24, 2.45) is 0 Å². The summed E-state index contributed by atoms with van der Waals surface area (Å²) in [5, 5.41) is 3.20. The van der Waals surface area contributed by atoms with Gasteiger partial charge < -0.3 is 10.1 Å². The average molecular weight is 221 g/mol. The molecule has 0 saturated heterocycles. The first-order valence-electron chi connectivity index (χ1n) is 5.54. The highest BCUT2D eigenvalue weighted by atomic mass is 19.1. The van der Waals surface area contributed by atoms with E-state index in [0.29, 0.717) is 0 Å². The fraction of sp³-hybridized carbons (Fsp3) is 0.385. The smallest absolute Gasteiger partial charge is 0.123 e. The summed E-state index contributed by atoms with van der Waals surface area (Å²) in [6.07, 6.45) is 3.83. The molecular formula is C13H16FNO. The van der Waals surface area contributed by atoms with Crippen LogP contribution in [0.3, 0.4) is 0 Å². The fourth-order valence-corrected chi connectivity index (χ4v) is 2.05. The largest absolute Gasteiger partial charge is 0.501 e. The van der Waals surface area contributed by atoms with Crippen LogP contribution in [0.15, 0.2) is 36.1 Å². The van der Waals surface area contributed by atoms with Crippen molar-refractivity contribution >= 4 is 0 Å². The van der Waals surface area contributed by atoms with Gasteiger partial charge >= 0.3 is 0 Å². The van der Waals surface area contributed by atoms with Crippen molar-refractivity contribution in [3.63, 3.8) is 0 Å². The Morgan fingerprint density at radius 1 is 1.44 bits per heavy atom. The lowest BCUT2D eigenvalue weighted by Gasteiger charge is -2.23. The van der Waals surface area contributed by atoms with Crippen molar-refractivity contribution in [2.45, 2.75) is 18.9 Å². The van der Waals surface area contributed by atoms with E-state index in [2.05, 4.69) is 5.32 Å². The van der Waals surface area contributed by atoms with Gasteiger partial charge in [0.2, 0.25) is 0 Å². The molecular weight excluding hydrogens is 205 g/mol. The molecule has 0 radical (unpaired) electrons. The van der Waals surface area contributed by atoms with Crippen LogP contribution in [0.25, 0.3) is 0 Å². The van der Waals surface area contributed by atoms with Gasteiger partial charge in [-0.05, 0) is 43.2 Å². The Morgan fingerprint density at radius 2 is 2.31 bits per heavy atom. The van der Waals surface area contributed by atoms with Crippen molar-refractivity contribution in [2.75, 3.05) is 13.7 Å². The van der Waals surface area contributed by atoms with Gasteiger partial charge in [0.1, 0.15) is 5.82 Å². The highest BCUT2D eigenvalue weighted by Crippen LogP contribution is 2.27. The second-order valence-electron chi connectivity index (χ2n) is 3.94. The third-order valence-corrected chi connectivity index (χ3v) is 2.80. The second kappa shape index (κ2) is 5.12. The van der Waals surface area contributed by atoms with Crippen molar-refractivity contribution in [3.05, 3.63) is 47.5 Å².